The van der Waals surface area contributed by atoms with Gasteiger partial charge in [0.05, 0.1) is 14.2 Å². The predicted octanol–water partition coefficient (Wildman–Crippen LogP) is 1.85. The summed E-state index contributed by atoms with van der Waals surface area (Å²) >= 11 is 0. The summed E-state index contributed by atoms with van der Waals surface area (Å²) in [6.07, 6.45) is 6.94. The first-order valence-electron chi connectivity index (χ1n) is 5.46. The molecule has 18 heavy (non-hydrogen) atoms. The van der Waals surface area contributed by atoms with Gasteiger partial charge >= 0.3 is 11.9 Å². The van der Waals surface area contributed by atoms with Crippen molar-refractivity contribution in [3.05, 3.63) is 17.4 Å². The van der Waals surface area contributed by atoms with E-state index in [1.165, 1.54) is 20.3 Å². The molecule has 0 radical (unpaired) electrons. The van der Waals surface area contributed by atoms with Gasteiger partial charge in [0, 0.05) is 6.42 Å². The fraction of sp³-hybridized carbons (Fsp3) is 0.500. The van der Waals surface area contributed by atoms with Crippen LogP contribution in [0, 0.1) is 17.8 Å². The molecule has 0 aliphatic rings. The van der Waals surface area contributed by atoms with E-state index in [0.29, 0.717) is 0 Å². The smallest absolute Gasteiger partial charge is 0.327 e. The molecule has 0 aromatic heterocycles. The molecule has 0 atom stereocenters. The molecule has 0 unspecified atom stereocenters. The highest BCUT2D eigenvalue weighted by molar-refractivity contribution is 6.02. The molecule has 0 spiro atoms. The molecule has 0 amide bonds. The van der Waals surface area contributed by atoms with Crippen LogP contribution in [0.1, 0.15) is 26.7 Å². The van der Waals surface area contributed by atoms with E-state index in [0.717, 1.165) is 5.57 Å². The summed E-state index contributed by atoms with van der Waals surface area (Å²) in [5.74, 6) is 1.01. The fourth-order valence-corrected chi connectivity index (χ4v) is 1.38. The van der Waals surface area contributed by atoms with E-state index in [1.807, 2.05) is 0 Å². The third kappa shape index (κ3) is 3.80. The van der Waals surface area contributed by atoms with Crippen LogP contribution in [0.25, 0.3) is 0 Å². The number of terminal acetylenes is 1. The zero-order chi connectivity index (χ0) is 14.2. The first-order valence-corrected chi connectivity index (χ1v) is 5.46. The monoisotopic (exact) mass is 250 g/mol. The highest BCUT2D eigenvalue weighted by Gasteiger charge is 2.45. The van der Waals surface area contributed by atoms with Gasteiger partial charge in [0.1, 0.15) is 0 Å². The number of hydrogen-bond donors (Lipinski definition) is 0. The van der Waals surface area contributed by atoms with E-state index in [4.69, 9.17) is 6.42 Å². The second-order valence-corrected chi connectivity index (χ2v) is 3.95. The molecule has 0 saturated carbocycles. The second kappa shape index (κ2) is 7.37. The van der Waals surface area contributed by atoms with Crippen LogP contribution in [-0.4, -0.2) is 26.2 Å². The highest BCUT2D eigenvalue weighted by atomic mass is 16.5. The zero-order valence-electron chi connectivity index (χ0n) is 11.2. The number of ether oxygens (including phenoxy) is 2. The number of hydrogen-bond acceptors (Lipinski definition) is 4. The minimum absolute atomic E-state index is 0.128. The fourth-order valence-electron chi connectivity index (χ4n) is 1.38. The van der Waals surface area contributed by atoms with Gasteiger partial charge in [-0.05, 0) is 31.9 Å². The van der Waals surface area contributed by atoms with Crippen molar-refractivity contribution in [3.63, 3.8) is 0 Å². The molecule has 0 fully saturated rings. The first kappa shape index (κ1) is 16.0. The van der Waals surface area contributed by atoms with Gasteiger partial charge in [-0.2, -0.15) is 0 Å². The van der Waals surface area contributed by atoms with Gasteiger partial charge in [-0.15, -0.1) is 18.1 Å². The molecule has 0 N–H and O–H groups in total. The van der Waals surface area contributed by atoms with E-state index in [-0.39, 0.29) is 12.8 Å². The minimum Gasteiger partial charge on any atom is -0.468 e. The van der Waals surface area contributed by atoms with Gasteiger partial charge in [0.2, 0.25) is 0 Å². The Hall–Kier alpha value is -1.98. The van der Waals surface area contributed by atoms with Crippen LogP contribution >= 0.6 is 0 Å². The molecule has 0 heterocycles. The topological polar surface area (TPSA) is 52.6 Å². The van der Waals surface area contributed by atoms with E-state index in [2.05, 4.69) is 21.1 Å². The summed E-state index contributed by atoms with van der Waals surface area (Å²) in [6.45, 7) is 3.61. The van der Waals surface area contributed by atoms with Crippen LogP contribution in [0.4, 0.5) is 0 Å². The maximum atomic E-state index is 11.9. The van der Waals surface area contributed by atoms with Crippen LogP contribution in [-0.2, 0) is 19.1 Å². The summed E-state index contributed by atoms with van der Waals surface area (Å²) in [5.41, 5.74) is 2.15. The Labute approximate surface area is 108 Å². The van der Waals surface area contributed by atoms with Crippen molar-refractivity contribution in [1.82, 2.24) is 0 Å². The lowest BCUT2D eigenvalue weighted by Crippen LogP contribution is -2.39. The summed E-state index contributed by atoms with van der Waals surface area (Å²) in [5, 5.41) is 0. The van der Waals surface area contributed by atoms with Gasteiger partial charge in [-0.3, -0.25) is 9.59 Å². The van der Waals surface area contributed by atoms with Crippen molar-refractivity contribution >= 4 is 11.9 Å². The van der Waals surface area contributed by atoms with Crippen LogP contribution in [0.15, 0.2) is 17.4 Å². The predicted molar refractivity (Wildman–Crippen MR) is 67.5 cm³/mol. The third-order valence-electron chi connectivity index (χ3n) is 2.37. The molecule has 0 aromatic carbocycles. The number of rotatable bonds is 5. The van der Waals surface area contributed by atoms with Crippen molar-refractivity contribution in [2.24, 2.45) is 5.41 Å². The normalized spacial score (nSPS) is 9.72. The standard InChI is InChI=1S/C14H18O4/c1-6-7-9-14(12(15)17-4,13(16)18-5)10-8-11(2)3/h1,10H,7,9H2,2-5H3. The average molecular weight is 250 g/mol. The molecule has 0 aliphatic heterocycles. The lowest BCUT2D eigenvalue weighted by molar-refractivity contribution is -0.165. The zero-order valence-corrected chi connectivity index (χ0v) is 11.2. The molecule has 98 valence electrons. The Morgan fingerprint density at radius 3 is 2.06 bits per heavy atom. The number of methoxy groups -OCH3 is 2. The maximum Gasteiger partial charge on any atom is 0.327 e. The maximum absolute atomic E-state index is 11.9. The van der Waals surface area contributed by atoms with Crippen LogP contribution in [0.3, 0.4) is 0 Å². The van der Waals surface area contributed by atoms with Gasteiger partial charge in [0.15, 0.2) is 5.41 Å². The first-order chi connectivity index (χ1) is 8.44. The Morgan fingerprint density at radius 1 is 1.22 bits per heavy atom. The molecule has 4 nitrogen and oxygen atoms in total. The molecule has 0 aliphatic carbocycles. The van der Waals surface area contributed by atoms with E-state index < -0.39 is 17.4 Å². The highest BCUT2D eigenvalue weighted by Crippen LogP contribution is 2.29. The van der Waals surface area contributed by atoms with Crippen LogP contribution in [0.5, 0.6) is 0 Å². The Morgan fingerprint density at radius 2 is 1.72 bits per heavy atom. The lowest BCUT2D eigenvalue weighted by atomic mass is 9.83. The number of carbonyl (C=O) groups excluding carboxylic acids is 2. The van der Waals surface area contributed by atoms with Gasteiger partial charge in [-0.25, -0.2) is 0 Å². The second-order valence-electron chi connectivity index (χ2n) is 3.95. The van der Waals surface area contributed by atoms with Crippen LogP contribution < -0.4 is 0 Å². The summed E-state index contributed by atoms with van der Waals surface area (Å²) in [7, 11) is 2.43. The number of esters is 2. The van der Waals surface area contributed by atoms with Crippen molar-refractivity contribution in [2.75, 3.05) is 14.2 Å². The Bertz CT molecular complexity index is 400. The third-order valence-corrected chi connectivity index (χ3v) is 2.37. The summed E-state index contributed by atoms with van der Waals surface area (Å²) in [4.78, 5) is 23.8. The Kier molecular flexibility index (Phi) is 6.56. The molecule has 4 heteroatoms. The Balaban J connectivity index is 5.70. The molecular weight excluding hydrogens is 232 g/mol. The van der Waals surface area contributed by atoms with Crippen molar-refractivity contribution in [3.8, 4) is 12.3 Å². The largest absolute Gasteiger partial charge is 0.468 e. The van der Waals surface area contributed by atoms with E-state index in [9.17, 15) is 9.59 Å². The van der Waals surface area contributed by atoms with Gasteiger partial charge in [-0.1, -0.05) is 0 Å². The molecule has 0 rings (SSSR count). The SMILES string of the molecule is C#CCCC(C=C=C(C)C)(C(=O)OC)C(=O)OC. The molecule has 0 aromatic rings. The summed E-state index contributed by atoms with van der Waals surface area (Å²) < 4.78 is 9.36. The average Bonchev–Trinajstić information content (AvgIpc) is 2.37. The molecule has 0 bridgehead atoms. The van der Waals surface area contributed by atoms with Gasteiger partial charge < -0.3 is 9.47 Å². The van der Waals surface area contributed by atoms with Crippen molar-refractivity contribution < 1.29 is 19.1 Å². The van der Waals surface area contributed by atoms with Crippen molar-refractivity contribution in [1.29, 1.82) is 0 Å². The van der Waals surface area contributed by atoms with Gasteiger partial charge in [0.25, 0.3) is 0 Å². The summed E-state index contributed by atoms with van der Waals surface area (Å²) in [6, 6.07) is 0. The van der Waals surface area contributed by atoms with E-state index in [1.54, 1.807) is 13.8 Å². The minimum atomic E-state index is -1.52. The van der Waals surface area contributed by atoms with E-state index >= 15 is 0 Å². The quantitative estimate of drug-likeness (QED) is 0.323. The van der Waals surface area contributed by atoms with Crippen molar-refractivity contribution in [2.45, 2.75) is 26.7 Å². The molecule has 0 saturated heterocycles. The number of carbonyl (C=O) groups is 2. The lowest BCUT2D eigenvalue weighted by Gasteiger charge is -2.23. The van der Waals surface area contributed by atoms with Crippen LogP contribution in [0.2, 0.25) is 0 Å². The molecular formula is C14H18O4.